The molecule has 0 saturated carbocycles. The third-order valence-corrected chi connectivity index (χ3v) is 3.93. The van der Waals surface area contributed by atoms with Gasteiger partial charge in [0, 0.05) is 12.7 Å². The zero-order chi connectivity index (χ0) is 17.7. The van der Waals surface area contributed by atoms with E-state index in [1.165, 1.54) is 5.56 Å². The molecule has 2 aromatic rings. The maximum atomic E-state index is 6.04. The summed E-state index contributed by atoms with van der Waals surface area (Å²) in [6, 6.07) is 8.20. The highest BCUT2D eigenvalue weighted by Crippen LogP contribution is 2.23. The lowest BCUT2D eigenvalue weighted by atomic mass is 10.0. The van der Waals surface area contributed by atoms with Crippen molar-refractivity contribution in [2.24, 2.45) is 17.8 Å². The van der Waals surface area contributed by atoms with Gasteiger partial charge in [-0.05, 0) is 30.0 Å². The summed E-state index contributed by atoms with van der Waals surface area (Å²) in [5.74, 6) is 1.57. The van der Waals surface area contributed by atoms with E-state index in [-0.39, 0.29) is 0 Å². The minimum absolute atomic E-state index is 0.379. The van der Waals surface area contributed by atoms with Crippen LogP contribution in [-0.2, 0) is 20.0 Å². The lowest BCUT2D eigenvalue weighted by Gasteiger charge is -2.10. The van der Waals surface area contributed by atoms with Crippen LogP contribution in [0.2, 0.25) is 0 Å². The van der Waals surface area contributed by atoms with Crippen molar-refractivity contribution in [2.45, 2.75) is 39.7 Å². The van der Waals surface area contributed by atoms with Gasteiger partial charge in [0.25, 0.3) is 0 Å². The summed E-state index contributed by atoms with van der Waals surface area (Å²) in [5.41, 5.74) is 10.2. The Labute approximate surface area is 143 Å². The molecule has 0 spiro atoms. The maximum absolute atomic E-state index is 6.04. The molecule has 2 rings (SSSR count). The van der Waals surface area contributed by atoms with Crippen LogP contribution < -0.4 is 15.8 Å². The predicted octanol–water partition coefficient (Wildman–Crippen LogP) is 3.04. The molecule has 0 unspecified atom stereocenters. The summed E-state index contributed by atoms with van der Waals surface area (Å²) >= 11 is 0. The molecule has 3 N–H and O–H groups in total. The monoisotopic (exact) mass is 329 g/mol. The Kier molecular flexibility index (Phi) is 5.84. The quantitative estimate of drug-likeness (QED) is 0.631. The second kappa shape index (κ2) is 7.86. The fourth-order valence-corrected chi connectivity index (χ4v) is 2.63. The molecule has 0 atom stereocenters. The van der Waals surface area contributed by atoms with Gasteiger partial charge in [-0.25, -0.2) is 9.67 Å². The number of nitrogens with two attached hydrogens (primary N) is 1. The van der Waals surface area contributed by atoms with E-state index in [0.29, 0.717) is 18.4 Å². The standard InChI is InChI=1S/C18H27N5O/c1-6-16-15(17(24-5)23(4)22-16)11-20-18(19)21-14-9-7-8-13(10-14)12(2)3/h7-10,12H,6,11H2,1-5H3,(H3,19,20,21). The Hall–Kier alpha value is -2.50. The minimum Gasteiger partial charge on any atom is -0.481 e. The molecule has 6 heteroatoms. The van der Waals surface area contributed by atoms with Crippen LogP contribution in [0, 0.1) is 0 Å². The highest BCUT2D eigenvalue weighted by atomic mass is 16.5. The number of anilines is 1. The van der Waals surface area contributed by atoms with Crippen LogP contribution in [0.3, 0.4) is 0 Å². The Bertz CT molecular complexity index is 718. The van der Waals surface area contributed by atoms with E-state index in [0.717, 1.165) is 29.2 Å². The fraction of sp³-hybridized carbons (Fsp3) is 0.444. The number of guanidine groups is 1. The van der Waals surface area contributed by atoms with Crippen LogP contribution in [0.4, 0.5) is 5.69 Å². The number of nitrogens with zero attached hydrogens (tertiary/aromatic N) is 3. The van der Waals surface area contributed by atoms with Crippen molar-refractivity contribution in [1.82, 2.24) is 9.78 Å². The van der Waals surface area contributed by atoms with Crippen molar-refractivity contribution in [3.8, 4) is 5.88 Å². The van der Waals surface area contributed by atoms with Crippen LogP contribution in [-0.4, -0.2) is 22.8 Å². The van der Waals surface area contributed by atoms with Gasteiger partial charge in [-0.3, -0.25) is 0 Å². The van der Waals surface area contributed by atoms with E-state index < -0.39 is 0 Å². The molecule has 1 heterocycles. The molecule has 0 aliphatic heterocycles. The number of ether oxygens (including phenoxy) is 1. The van der Waals surface area contributed by atoms with E-state index in [1.807, 2.05) is 19.2 Å². The molecule has 0 aliphatic carbocycles. The van der Waals surface area contributed by atoms with Gasteiger partial charge >= 0.3 is 0 Å². The van der Waals surface area contributed by atoms with Gasteiger partial charge in [-0.15, -0.1) is 0 Å². The van der Waals surface area contributed by atoms with Crippen LogP contribution >= 0.6 is 0 Å². The number of hydrogen-bond donors (Lipinski definition) is 2. The third-order valence-electron chi connectivity index (χ3n) is 3.93. The first kappa shape index (κ1) is 17.8. The van der Waals surface area contributed by atoms with Crippen molar-refractivity contribution in [3.05, 3.63) is 41.1 Å². The second-order valence-corrected chi connectivity index (χ2v) is 6.02. The summed E-state index contributed by atoms with van der Waals surface area (Å²) in [6.45, 7) is 6.83. The molecule has 0 radical (unpaired) electrons. The highest BCUT2D eigenvalue weighted by Gasteiger charge is 2.15. The van der Waals surface area contributed by atoms with Crippen LogP contribution in [0.25, 0.3) is 0 Å². The zero-order valence-electron chi connectivity index (χ0n) is 15.1. The van der Waals surface area contributed by atoms with Gasteiger partial charge < -0.3 is 15.8 Å². The summed E-state index contributed by atoms with van der Waals surface area (Å²) in [7, 11) is 3.51. The first-order valence-electron chi connectivity index (χ1n) is 8.21. The van der Waals surface area contributed by atoms with Crippen LogP contribution in [0.1, 0.15) is 43.5 Å². The van der Waals surface area contributed by atoms with E-state index >= 15 is 0 Å². The molecule has 1 aromatic carbocycles. The number of aromatic nitrogens is 2. The van der Waals surface area contributed by atoms with Gasteiger partial charge in [0.1, 0.15) is 0 Å². The minimum atomic E-state index is 0.379. The summed E-state index contributed by atoms with van der Waals surface area (Å²) in [4.78, 5) is 4.44. The van der Waals surface area contributed by atoms with Crippen LogP contribution in [0.15, 0.2) is 29.3 Å². The summed E-state index contributed by atoms with van der Waals surface area (Å²) < 4.78 is 7.16. The number of benzene rings is 1. The summed E-state index contributed by atoms with van der Waals surface area (Å²) in [5, 5.41) is 7.60. The van der Waals surface area contributed by atoms with E-state index in [4.69, 9.17) is 10.5 Å². The van der Waals surface area contributed by atoms with Gasteiger partial charge in [0.05, 0.1) is 24.9 Å². The average molecular weight is 329 g/mol. The molecule has 0 amide bonds. The largest absolute Gasteiger partial charge is 0.481 e. The number of hydrogen-bond acceptors (Lipinski definition) is 3. The zero-order valence-corrected chi connectivity index (χ0v) is 15.1. The topological polar surface area (TPSA) is 77.5 Å². The van der Waals surface area contributed by atoms with Crippen molar-refractivity contribution >= 4 is 11.6 Å². The molecule has 6 nitrogen and oxygen atoms in total. The van der Waals surface area contributed by atoms with Crippen LogP contribution in [0.5, 0.6) is 5.88 Å². The number of nitrogens with one attached hydrogen (secondary N) is 1. The van der Waals surface area contributed by atoms with Crippen molar-refractivity contribution < 1.29 is 4.74 Å². The molecular weight excluding hydrogens is 302 g/mol. The average Bonchev–Trinajstić information content (AvgIpc) is 2.87. The number of rotatable bonds is 6. The fourth-order valence-electron chi connectivity index (χ4n) is 2.63. The van der Waals surface area contributed by atoms with E-state index in [2.05, 4.69) is 48.3 Å². The SMILES string of the molecule is CCc1nn(C)c(OC)c1CN=C(N)Nc1cccc(C(C)C)c1. The number of aryl methyl sites for hydroxylation is 2. The first-order chi connectivity index (χ1) is 11.5. The molecule has 24 heavy (non-hydrogen) atoms. The second-order valence-electron chi connectivity index (χ2n) is 6.02. The number of aliphatic imine (C=N–C) groups is 1. The molecule has 0 aliphatic rings. The Balaban J connectivity index is 2.14. The van der Waals surface area contributed by atoms with Crippen molar-refractivity contribution in [2.75, 3.05) is 12.4 Å². The first-order valence-corrected chi connectivity index (χ1v) is 8.21. The molecule has 0 fully saturated rings. The normalized spacial score (nSPS) is 11.8. The highest BCUT2D eigenvalue weighted by molar-refractivity contribution is 5.92. The van der Waals surface area contributed by atoms with Gasteiger partial charge in [-0.1, -0.05) is 32.9 Å². The Morgan fingerprint density at radius 2 is 2.17 bits per heavy atom. The molecular formula is C18H27N5O. The summed E-state index contributed by atoms with van der Waals surface area (Å²) in [6.07, 6.45) is 0.825. The Morgan fingerprint density at radius 3 is 2.79 bits per heavy atom. The Morgan fingerprint density at radius 1 is 1.42 bits per heavy atom. The molecule has 130 valence electrons. The maximum Gasteiger partial charge on any atom is 0.216 e. The van der Waals surface area contributed by atoms with E-state index in [9.17, 15) is 0 Å². The van der Waals surface area contributed by atoms with Crippen molar-refractivity contribution in [1.29, 1.82) is 0 Å². The van der Waals surface area contributed by atoms with Crippen molar-refractivity contribution in [3.63, 3.8) is 0 Å². The molecule has 1 aromatic heterocycles. The van der Waals surface area contributed by atoms with E-state index in [1.54, 1.807) is 11.8 Å². The smallest absolute Gasteiger partial charge is 0.216 e. The lowest BCUT2D eigenvalue weighted by Crippen LogP contribution is -2.22. The van der Waals surface area contributed by atoms with Gasteiger partial charge in [0.15, 0.2) is 5.96 Å². The van der Waals surface area contributed by atoms with Gasteiger partial charge in [0.2, 0.25) is 5.88 Å². The number of methoxy groups -OCH3 is 1. The lowest BCUT2D eigenvalue weighted by molar-refractivity contribution is 0.369. The third kappa shape index (κ3) is 4.07. The molecule has 0 saturated heterocycles. The predicted molar refractivity (Wildman–Crippen MR) is 98.6 cm³/mol. The van der Waals surface area contributed by atoms with Gasteiger partial charge in [-0.2, -0.15) is 5.10 Å². The molecule has 0 bridgehead atoms.